The molecule has 5 heteroatoms. The zero-order chi connectivity index (χ0) is 17.5. The van der Waals surface area contributed by atoms with E-state index in [1.807, 2.05) is 60.7 Å². The van der Waals surface area contributed by atoms with Gasteiger partial charge < -0.3 is 14.2 Å². The van der Waals surface area contributed by atoms with Gasteiger partial charge in [-0.2, -0.15) is 0 Å². The third kappa shape index (κ3) is 4.14. The fraction of sp³-hybridized carbons (Fsp3) is 0.100. The molecule has 0 fully saturated rings. The fourth-order valence-electron chi connectivity index (χ4n) is 2.29. The zero-order valence-corrected chi connectivity index (χ0v) is 13.4. The number of ether oxygens (including phenoxy) is 3. The lowest BCUT2D eigenvalue weighted by atomic mass is 10.2. The quantitative estimate of drug-likeness (QED) is 0.441. The maximum atomic E-state index is 12.1. The number of allylic oxidation sites excluding steroid dienone is 1. The number of benzene rings is 2. The van der Waals surface area contributed by atoms with Gasteiger partial charge in [0.1, 0.15) is 19.5 Å². The fourth-order valence-corrected chi connectivity index (χ4v) is 2.29. The minimum absolute atomic E-state index is 0.0344. The van der Waals surface area contributed by atoms with Crippen molar-refractivity contribution < 1.29 is 23.8 Å². The summed E-state index contributed by atoms with van der Waals surface area (Å²) in [7, 11) is 0. The third-order valence-electron chi connectivity index (χ3n) is 3.49. The highest BCUT2D eigenvalue weighted by Crippen LogP contribution is 2.29. The van der Waals surface area contributed by atoms with Crippen LogP contribution in [-0.2, 0) is 37.0 Å². The van der Waals surface area contributed by atoms with Crippen molar-refractivity contribution in [1.82, 2.24) is 0 Å². The molecule has 0 atom stereocenters. The lowest BCUT2D eigenvalue weighted by molar-refractivity contribution is -0.136. The number of hydrogen-bond acceptors (Lipinski definition) is 5. The number of aldehydes is 1. The van der Waals surface area contributed by atoms with E-state index in [1.54, 1.807) is 0 Å². The van der Waals surface area contributed by atoms with Crippen LogP contribution in [0.5, 0.6) is 0 Å². The van der Waals surface area contributed by atoms with Gasteiger partial charge in [-0.05, 0) is 11.1 Å². The zero-order valence-electron chi connectivity index (χ0n) is 13.4. The predicted molar refractivity (Wildman–Crippen MR) is 89.7 cm³/mol. The second kappa shape index (κ2) is 7.97. The van der Waals surface area contributed by atoms with Gasteiger partial charge in [0.15, 0.2) is 5.76 Å². The molecule has 0 amide bonds. The highest BCUT2D eigenvalue weighted by atomic mass is 16.6. The van der Waals surface area contributed by atoms with E-state index in [1.165, 1.54) is 0 Å². The Morgan fingerprint density at radius 3 is 1.84 bits per heavy atom. The molecule has 2 aromatic rings. The van der Waals surface area contributed by atoms with E-state index < -0.39 is 5.97 Å². The Morgan fingerprint density at radius 1 is 0.800 bits per heavy atom. The maximum absolute atomic E-state index is 12.1. The number of rotatable bonds is 7. The van der Waals surface area contributed by atoms with E-state index in [9.17, 15) is 9.59 Å². The van der Waals surface area contributed by atoms with E-state index in [-0.39, 0.29) is 30.5 Å². The van der Waals surface area contributed by atoms with E-state index >= 15 is 0 Å². The topological polar surface area (TPSA) is 61.8 Å². The summed E-state index contributed by atoms with van der Waals surface area (Å²) in [4.78, 5) is 22.8. The maximum Gasteiger partial charge on any atom is 0.383 e. The van der Waals surface area contributed by atoms with Crippen LogP contribution in [0.15, 0.2) is 84.0 Å². The minimum Gasteiger partial charge on any atom is -0.481 e. The van der Waals surface area contributed by atoms with Gasteiger partial charge in [-0.25, -0.2) is 4.79 Å². The van der Waals surface area contributed by atoms with Crippen molar-refractivity contribution in [3.63, 3.8) is 0 Å². The standard InChI is InChI=1S/C20H16O5/c21-12-11-17-18(23-13-15-7-3-1-4-8-15)19(20(22)25-17)24-14-16-9-5-2-6-10-16/h1-12H,13-14H2/b17-11-. The van der Waals surface area contributed by atoms with Crippen molar-refractivity contribution >= 4 is 12.3 Å². The first kappa shape index (κ1) is 16.5. The molecule has 0 unspecified atom stereocenters. The lowest BCUT2D eigenvalue weighted by Gasteiger charge is -2.09. The third-order valence-corrected chi connectivity index (χ3v) is 3.49. The second-order valence-electron chi connectivity index (χ2n) is 5.26. The molecule has 1 heterocycles. The highest BCUT2D eigenvalue weighted by molar-refractivity contribution is 5.92. The molecule has 0 N–H and O–H groups in total. The van der Waals surface area contributed by atoms with Crippen molar-refractivity contribution in [2.24, 2.45) is 0 Å². The molecule has 2 aromatic carbocycles. The Balaban J connectivity index is 1.79. The summed E-state index contributed by atoms with van der Waals surface area (Å²) in [5.41, 5.74) is 1.82. The van der Waals surface area contributed by atoms with Crippen molar-refractivity contribution in [3.8, 4) is 0 Å². The largest absolute Gasteiger partial charge is 0.481 e. The Bertz CT molecular complexity index is 806. The Hall–Kier alpha value is -3.34. The van der Waals surface area contributed by atoms with Gasteiger partial charge in [-0.1, -0.05) is 60.7 Å². The number of carbonyl (C=O) groups is 2. The second-order valence-corrected chi connectivity index (χ2v) is 5.26. The molecule has 0 spiro atoms. The molecule has 3 rings (SSSR count). The summed E-state index contributed by atoms with van der Waals surface area (Å²) < 4.78 is 16.4. The molecular weight excluding hydrogens is 320 g/mol. The van der Waals surface area contributed by atoms with Gasteiger partial charge >= 0.3 is 5.97 Å². The number of carbonyl (C=O) groups excluding carboxylic acids is 2. The van der Waals surface area contributed by atoms with Crippen LogP contribution in [0.4, 0.5) is 0 Å². The number of cyclic esters (lactones) is 1. The van der Waals surface area contributed by atoms with E-state index in [0.29, 0.717) is 6.29 Å². The Kier molecular flexibility index (Phi) is 5.26. The molecule has 0 radical (unpaired) electrons. The molecule has 1 aliphatic heterocycles. The first-order chi connectivity index (χ1) is 12.3. The van der Waals surface area contributed by atoms with Gasteiger partial charge in [-0.3, -0.25) is 4.79 Å². The predicted octanol–water partition coefficient (Wildman–Crippen LogP) is 3.27. The highest BCUT2D eigenvalue weighted by Gasteiger charge is 2.33. The van der Waals surface area contributed by atoms with Gasteiger partial charge in [0.05, 0.1) is 0 Å². The van der Waals surface area contributed by atoms with E-state index in [4.69, 9.17) is 14.2 Å². The van der Waals surface area contributed by atoms with Crippen LogP contribution in [0.3, 0.4) is 0 Å². The van der Waals surface area contributed by atoms with Crippen molar-refractivity contribution in [2.75, 3.05) is 0 Å². The van der Waals surface area contributed by atoms with Crippen LogP contribution in [0.25, 0.3) is 0 Å². The molecule has 0 bridgehead atoms. The van der Waals surface area contributed by atoms with Gasteiger partial charge in [0.2, 0.25) is 5.76 Å². The van der Waals surface area contributed by atoms with E-state index in [0.717, 1.165) is 17.2 Å². The molecular formula is C20H16O5. The summed E-state index contributed by atoms with van der Waals surface area (Å²) in [6, 6.07) is 18.9. The molecule has 126 valence electrons. The first-order valence-electron chi connectivity index (χ1n) is 7.73. The molecule has 0 aromatic heterocycles. The molecule has 0 saturated heterocycles. The van der Waals surface area contributed by atoms with Crippen LogP contribution >= 0.6 is 0 Å². The SMILES string of the molecule is O=C/C=C1\OC(=O)C(OCc2ccccc2)=C1OCc1ccccc1. The van der Waals surface area contributed by atoms with Crippen LogP contribution < -0.4 is 0 Å². The number of hydrogen-bond donors (Lipinski definition) is 0. The molecule has 1 aliphatic rings. The lowest BCUT2D eigenvalue weighted by Crippen LogP contribution is -2.04. The van der Waals surface area contributed by atoms with Gasteiger partial charge in [-0.15, -0.1) is 0 Å². The summed E-state index contributed by atoms with van der Waals surface area (Å²) in [5, 5.41) is 0. The van der Waals surface area contributed by atoms with E-state index in [2.05, 4.69) is 0 Å². The molecule has 0 aliphatic carbocycles. The molecule has 0 saturated carbocycles. The average molecular weight is 336 g/mol. The molecule has 25 heavy (non-hydrogen) atoms. The van der Waals surface area contributed by atoms with Crippen LogP contribution in [0.1, 0.15) is 11.1 Å². The van der Waals surface area contributed by atoms with Gasteiger partial charge in [0, 0.05) is 6.08 Å². The van der Waals surface area contributed by atoms with Crippen molar-refractivity contribution in [2.45, 2.75) is 13.2 Å². The summed E-state index contributed by atoms with van der Waals surface area (Å²) in [6.07, 6.45) is 1.67. The normalized spacial score (nSPS) is 15.2. The van der Waals surface area contributed by atoms with Crippen LogP contribution in [-0.4, -0.2) is 12.3 Å². The monoisotopic (exact) mass is 336 g/mol. The summed E-state index contributed by atoms with van der Waals surface area (Å²) in [5.74, 6) is -0.518. The average Bonchev–Trinajstić information content (AvgIpc) is 2.95. The first-order valence-corrected chi connectivity index (χ1v) is 7.73. The summed E-state index contributed by atoms with van der Waals surface area (Å²) >= 11 is 0. The van der Waals surface area contributed by atoms with Crippen LogP contribution in [0, 0.1) is 0 Å². The summed E-state index contributed by atoms with van der Waals surface area (Å²) in [6.45, 7) is 0.416. The number of esters is 1. The Labute approximate surface area is 145 Å². The molecule has 5 nitrogen and oxygen atoms in total. The van der Waals surface area contributed by atoms with Crippen LogP contribution in [0.2, 0.25) is 0 Å². The smallest absolute Gasteiger partial charge is 0.383 e. The van der Waals surface area contributed by atoms with Gasteiger partial charge in [0.25, 0.3) is 5.76 Å². The Morgan fingerprint density at radius 2 is 1.32 bits per heavy atom. The minimum atomic E-state index is -0.674. The van der Waals surface area contributed by atoms with Crippen molar-refractivity contribution in [3.05, 3.63) is 95.1 Å². The van der Waals surface area contributed by atoms with Crippen molar-refractivity contribution in [1.29, 1.82) is 0 Å².